The predicted molar refractivity (Wildman–Crippen MR) is 67.0 cm³/mol. The van der Waals surface area contributed by atoms with Crippen LogP contribution in [0.1, 0.15) is 32.3 Å². The van der Waals surface area contributed by atoms with E-state index in [1.165, 1.54) is 5.41 Å². The lowest BCUT2D eigenvalue weighted by atomic mass is 10.2. The highest BCUT2D eigenvalue weighted by atomic mass is 32.2. The Labute approximate surface area is 97.9 Å². The molecule has 0 aliphatic rings. The van der Waals surface area contributed by atoms with Gasteiger partial charge in [-0.1, -0.05) is 36.6 Å². The van der Waals surface area contributed by atoms with E-state index < -0.39 is 9.84 Å². The molecule has 2 nitrogen and oxygen atoms in total. The minimum absolute atomic E-state index is 0.369. The van der Waals surface area contributed by atoms with E-state index in [-0.39, 0.29) is 0 Å². The normalized spacial score (nSPS) is 12.8. The quantitative estimate of drug-likeness (QED) is 0.805. The van der Waals surface area contributed by atoms with Gasteiger partial charge in [0.05, 0.1) is 4.90 Å². The van der Waals surface area contributed by atoms with Gasteiger partial charge in [0.15, 0.2) is 9.84 Å². The molecule has 88 valence electrons. The van der Waals surface area contributed by atoms with Gasteiger partial charge in [-0.05, 0) is 32.4 Å². The van der Waals surface area contributed by atoms with Crippen molar-refractivity contribution in [3.05, 3.63) is 40.8 Å². The summed E-state index contributed by atoms with van der Waals surface area (Å²) in [5, 5.41) is 1.38. The third kappa shape index (κ3) is 3.49. The molecule has 0 saturated carbocycles. The fraction of sp³-hybridized carbons (Fsp3) is 0.385. The van der Waals surface area contributed by atoms with Crippen molar-refractivity contribution in [1.29, 1.82) is 0 Å². The first kappa shape index (κ1) is 13.0. The number of hydrogen-bond acceptors (Lipinski definition) is 2. The summed E-state index contributed by atoms with van der Waals surface area (Å²) in [5.74, 6) is 0. The molecule has 0 atom stereocenters. The van der Waals surface area contributed by atoms with Gasteiger partial charge in [-0.25, -0.2) is 8.42 Å². The topological polar surface area (TPSA) is 34.1 Å². The van der Waals surface area contributed by atoms with Crippen LogP contribution in [0.4, 0.5) is 0 Å². The van der Waals surface area contributed by atoms with E-state index in [4.69, 9.17) is 0 Å². The number of aryl methyl sites for hydroxylation is 1. The second-order valence-corrected chi connectivity index (χ2v) is 5.87. The molecule has 1 rings (SSSR count). The van der Waals surface area contributed by atoms with Gasteiger partial charge in [-0.2, -0.15) is 0 Å². The summed E-state index contributed by atoms with van der Waals surface area (Å²) < 4.78 is 23.9. The molecule has 0 saturated heterocycles. The van der Waals surface area contributed by atoms with Crippen LogP contribution in [0.3, 0.4) is 0 Å². The Bertz CT molecular complexity index is 467. The maximum atomic E-state index is 12.0. The van der Waals surface area contributed by atoms with Gasteiger partial charge in [-0.15, -0.1) is 0 Å². The van der Waals surface area contributed by atoms with E-state index in [9.17, 15) is 8.42 Å². The molecule has 0 bridgehead atoms. The van der Waals surface area contributed by atoms with Crippen molar-refractivity contribution in [3.8, 4) is 0 Å². The van der Waals surface area contributed by atoms with Crippen molar-refractivity contribution in [1.82, 2.24) is 0 Å². The lowest BCUT2D eigenvalue weighted by Gasteiger charge is -2.02. The first-order valence-corrected chi connectivity index (χ1v) is 6.99. The molecule has 0 heterocycles. The highest BCUT2D eigenvalue weighted by molar-refractivity contribution is 7.94. The van der Waals surface area contributed by atoms with Crippen LogP contribution in [0.25, 0.3) is 0 Å². The van der Waals surface area contributed by atoms with Gasteiger partial charge >= 0.3 is 0 Å². The maximum absolute atomic E-state index is 12.0. The van der Waals surface area contributed by atoms with Crippen LogP contribution in [0.2, 0.25) is 0 Å². The Morgan fingerprint density at radius 2 is 1.81 bits per heavy atom. The minimum Gasteiger partial charge on any atom is -0.219 e. The molecule has 0 aliphatic carbocycles. The van der Waals surface area contributed by atoms with Crippen molar-refractivity contribution >= 4 is 9.84 Å². The molecular weight excluding hydrogens is 220 g/mol. The minimum atomic E-state index is -3.26. The highest BCUT2D eigenvalue weighted by Crippen LogP contribution is 2.16. The van der Waals surface area contributed by atoms with Crippen molar-refractivity contribution in [2.75, 3.05) is 0 Å². The molecule has 0 aliphatic heterocycles. The summed E-state index contributed by atoms with van der Waals surface area (Å²) in [6, 6.07) is 6.94. The molecule has 0 unspecified atom stereocenters. The van der Waals surface area contributed by atoms with Crippen molar-refractivity contribution in [2.45, 2.75) is 38.5 Å². The van der Waals surface area contributed by atoms with E-state index in [1.54, 1.807) is 12.1 Å². The van der Waals surface area contributed by atoms with E-state index >= 15 is 0 Å². The molecule has 0 radical (unpaired) electrons. The van der Waals surface area contributed by atoms with Crippen LogP contribution in [-0.2, 0) is 9.84 Å². The first-order chi connectivity index (χ1) is 7.45. The third-order valence-corrected chi connectivity index (χ3v) is 3.99. The Kier molecular flexibility index (Phi) is 4.30. The molecule has 3 heteroatoms. The molecule has 0 amide bonds. The fourth-order valence-electron chi connectivity index (χ4n) is 1.51. The average molecular weight is 238 g/mol. The van der Waals surface area contributed by atoms with Crippen LogP contribution >= 0.6 is 0 Å². The van der Waals surface area contributed by atoms with Gasteiger partial charge in [-0.3, -0.25) is 0 Å². The van der Waals surface area contributed by atoms with E-state index in [0.717, 1.165) is 24.0 Å². The summed E-state index contributed by atoms with van der Waals surface area (Å²) >= 11 is 0. The summed E-state index contributed by atoms with van der Waals surface area (Å²) in [6.45, 7) is 5.83. The zero-order valence-electron chi connectivity index (χ0n) is 10.0. The van der Waals surface area contributed by atoms with E-state index in [2.05, 4.69) is 0 Å². The molecule has 16 heavy (non-hydrogen) atoms. The zero-order chi connectivity index (χ0) is 12.2. The molecule has 0 N–H and O–H groups in total. The average Bonchev–Trinajstić information content (AvgIpc) is 2.17. The SMILES string of the molecule is CCC/C(C)=C/S(=O)(=O)c1ccc(C)cc1. The van der Waals surface area contributed by atoms with Crippen LogP contribution in [0.15, 0.2) is 40.1 Å². The molecule has 0 fully saturated rings. The number of allylic oxidation sites excluding steroid dienone is 1. The lowest BCUT2D eigenvalue weighted by Crippen LogP contribution is -1.97. The second kappa shape index (κ2) is 5.30. The summed E-state index contributed by atoms with van der Waals surface area (Å²) in [4.78, 5) is 0.369. The van der Waals surface area contributed by atoms with Crippen LogP contribution < -0.4 is 0 Å². The standard InChI is InChI=1S/C13H18O2S/c1-4-5-12(3)10-16(14,15)13-8-6-11(2)7-9-13/h6-10H,4-5H2,1-3H3/b12-10+. The maximum Gasteiger partial charge on any atom is 0.199 e. The van der Waals surface area contributed by atoms with Crippen molar-refractivity contribution in [3.63, 3.8) is 0 Å². The van der Waals surface area contributed by atoms with Gasteiger partial charge in [0.2, 0.25) is 0 Å². The summed E-state index contributed by atoms with van der Waals surface area (Å²) in [6.07, 6.45) is 1.79. The lowest BCUT2D eigenvalue weighted by molar-refractivity contribution is 0.604. The summed E-state index contributed by atoms with van der Waals surface area (Å²) in [7, 11) is -3.26. The Morgan fingerprint density at radius 1 is 1.25 bits per heavy atom. The fourth-order valence-corrected chi connectivity index (χ4v) is 2.81. The number of hydrogen-bond donors (Lipinski definition) is 0. The van der Waals surface area contributed by atoms with Gasteiger partial charge < -0.3 is 0 Å². The molecule has 1 aromatic carbocycles. The third-order valence-electron chi connectivity index (χ3n) is 2.35. The van der Waals surface area contributed by atoms with Gasteiger partial charge in [0.1, 0.15) is 0 Å². The van der Waals surface area contributed by atoms with Gasteiger partial charge in [0, 0.05) is 5.41 Å². The van der Waals surface area contributed by atoms with Gasteiger partial charge in [0.25, 0.3) is 0 Å². The number of benzene rings is 1. The monoisotopic (exact) mass is 238 g/mol. The van der Waals surface area contributed by atoms with E-state index in [0.29, 0.717) is 4.90 Å². The second-order valence-electron chi connectivity index (χ2n) is 4.07. The zero-order valence-corrected chi connectivity index (χ0v) is 10.8. The smallest absolute Gasteiger partial charge is 0.199 e. The van der Waals surface area contributed by atoms with E-state index in [1.807, 2.05) is 32.9 Å². The Morgan fingerprint density at radius 3 is 2.31 bits per heavy atom. The molecule has 0 aromatic heterocycles. The van der Waals surface area contributed by atoms with Crippen molar-refractivity contribution in [2.24, 2.45) is 0 Å². The summed E-state index contributed by atoms with van der Waals surface area (Å²) in [5.41, 5.74) is 1.97. The van der Waals surface area contributed by atoms with Crippen molar-refractivity contribution < 1.29 is 8.42 Å². The Hall–Kier alpha value is -1.09. The largest absolute Gasteiger partial charge is 0.219 e. The number of rotatable bonds is 4. The van der Waals surface area contributed by atoms with Crippen LogP contribution in [0, 0.1) is 6.92 Å². The Balaban J connectivity index is 3.03. The number of sulfone groups is 1. The predicted octanol–water partition coefficient (Wildman–Crippen LogP) is 3.47. The highest BCUT2D eigenvalue weighted by Gasteiger charge is 2.10. The van der Waals surface area contributed by atoms with Crippen LogP contribution in [-0.4, -0.2) is 8.42 Å². The molecular formula is C13H18O2S. The molecule has 1 aromatic rings. The van der Waals surface area contributed by atoms with Crippen LogP contribution in [0.5, 0.6) is 0 Å². The first-order valence-electron chi connectivity index (χ1n) is 5.44. The molecule has 0 spiro atoms.